The zero-order valence-corrected chi connectivity index (χ0v) is 28.9. The van der Waals surface area contributed by atoms with Gasteiger partial charge in [0.05, 0.1) is 23.5 Å². The molecule has 0 radical (unpaired) electrons. The summed E-state index contributed by atoms with van der Waals surface area (Å²) < 4.78 is 6.20. The van der Waals surface area contributed by atoms with E-state index in [1.165, 1.54) is 11.0 Å². The van der Waals surface area contributed by atoms with Gasteiger partial charge in [-0.15, -0.1) is 0 Å². The van der Waals surface area contributed by atoms with Crippen molar-refractivity contribution in [2.24, 2.45) is 29.6 Å². The summed E-state index contributed by atoms with van der Waals surface area (Å²) in [5.41, 5.74) is 3.66. The molecule has 5 aliphatic rings. The second kappa shape index (κ2) is 12.6. The Balaban J connectivity index is 1.19. The maximum absolute atomic E-state index is 15.2. The quantitative estimate of drug-likeness (QED) is 0.173. The third-order valence-corrected chi connectivity index (χ3v) is 12.2. The number of aromatic hydroxyl groups is 2. The third kappa shape index (κ3) is 5.11. The highest BCUT2D eigenvalue weighted by Gasteiger charge is 2.66. The Hall–Kier alpha value is -6.02. The number of carbonyl (C=O) groups excluding carboxylic acids is 4. The second-order valence-corrected chi connectivity index (χ2v) is 14.8. The third-order valence-electron chi connectivity index (χ3n) is 12.2. The van der Waals surface area contributed by atoms with Crippen molar-refractivity contribution in [1.29, 1.82) is 0 Å². The van der Waals surface area contributed by atoms with E-state index in [0.717, 1.165) is 22.3 Å². The Morgan fingerprint density at radius 3 is 2.26 bits per heavy atom. The van der Waals surface area contributed by atoms with Crippen LogP contribution in [0.4, 0.5) is 0 Å². The predicted molar refractivity (Wildman–Crippen MR) is 196 cm³/mol. The summed E-state index contributed by atoms with van der Waals surface area (Å²) in [6.45, 7) is 0.204. The lowest BCUT2D eigenvalue weighted by atomic mass is 9.44. The minimum Gasteiger partial charge on any atom is -0.508 e. The lowest BCUT2D eigenvalue weighted by Gasteiger charge is -2.56. The number of rotatable bonds is 6. The molecule has 0 unspecified atom stereocenters. The number of allylic oxidation sites excluding steroid dienone is 5. The monoisotopic (exact) mass is 703 g/mol. The van der Waals surface area contributed by atoms with Gasteiger partial charge in [-0.3, -0.25) is 24.1 Å². The molecule has 2 N–H and O–H groups in total. The summed E-state index contributed by atoms with van der Waals surface area (Å²) in [5.74, 6) is -3.24. The molecule has 8 nitrogen and oxygen atoms in total. The fraction of sp³-hybridized carbons (Fsp3) is 0.244. The van der Waals surface area contributed by atoms with Crippen LogP contribution in [0.3, 0.4) is 0 Å². The number of hydrogen-bond acceptors (Lipinski definition) is 7. The van der Waals surface area contributed by atoms with E-state index in [-0.39, 0.29) is 47.8 Å². The Morgan fingerprint density at radius 1 is 0.792 bits per heavy atom. The van der Waals surface area contributed by atoms with E-state index in [1.54, 1.807) is 48.7 Å². The number of fused-ring (bicyclic) bond motifs is 5. The number of Topliss-reactive ketones (excluding diaryl/α,β-unsaturated/α-hetero) is 1. The number of phenols is 2. The average molecular weight is 704 g/mol. The molecule has 6 atom stereocenters. The number of ketones is 2. The average Bonchev–Trinajstić information content (AvgIpc) is 3.43. The summed E-state index contributed by atoms with van der Waals surface area (Å²) in [6.07, 6.45) is 6.61. The van der Waals surface area contributed by atoms with Gasteiger partial charge in [-0.2, -0.15) is 0 Å². The number of hydrogen-bond donors (Lipinski definition) is 2. The second-order valence-electron chi connectivity index (χ2n) is 14.8. The van der Waals surface area contributed by atoms with Crippen LogP contribution in [-0.2, 0) is 37.4 Å². The number of benzene rings is 4. The smallest absolute Gasteiger partial charge is 0.233 e. The highest BCUT2D eigenvalue weighted by molar-refractivity contribution is 6.31. The van der Waals surface area contributed by atoms with Crippen molar-refractivity contribution in [2.45, 2.75) is 31.1 Å². The fourth-order valence-electron chi connectivity index (χ4n) is 9.88. The zero-order chi connectivity index (χ0) is 36.4. The van der Waals surface area contributed by atoms with Gasteiger partial charge in [0.1, 0.15) is 17.2 Å². The summed E-state index contributed by atoms with van der Waals surface area (Å²) in [6, 6.07) is 30.4. The van der Waals surface area contributed by atoms with Crippen molar-refractivity contribution in [1.82, 2.24) is 4.90 Å². The number of ether oxygens (including phenoxy) is 1. The molecular weight excluding hydrogens is 666 g/mol. The molecular formula is C45H37NO7. The molecule has 2 heterocycles. The number of likely N-dealkylation sites (tertiary alicyclic amines) is 1. The highest BCUT2D eigenvalue weighted by atomic mass is 16.5. The van der Waals surface area contributed by atoms with Gasteiger partial charge in [0.25, 0.3) is 0 Å². The molecule has 2 aliphatic heterocycles. The van der Waals surface area contributed by atoms with Crippen LogP contribution in [0.2, 0.25) is 0 Å². The van der Waals surface area contributed by atoms with Crippen molar-refractivity contribution in [3.63, 3.8) is 0 Å². The van der Waals surface area contributed by atoms with Gasteiger partial charge < -0.3 is 14.9 Å². The number of carbonyl (C=O) groups is 4. The van der Waals surface area contributed by atoms with Crippen LogP contribution in [0.15, 0.2) is 133 Å². The molecule has 0 bridgehead atoms. The molecule has 1 saturated heterocycles. The molecule has 2 amide bonds. The molecule has 9 rings (SSSR count). The number of imide groups is 1. The van der Waals surface area contributed by atoms with Crippen molar-refractivity contribution in [3.05, 3.63) is 155 Å². The minimum absolute atomic E-state index is 0.0901. The van der Waals surface area contributed by atoms with E-state index < -0.39 is 35.0 Å². The summed E-state index contributed by atoms with van der Waals surface area (Å²) in [4.78, 5) is 60.3. The molecule has 1 saturated carbocycles. The molecule has 4 aromatic carbocycles. The first-order valence-electron chi connectivity index (χ1n) is 18.2. The first-order valence-corrected chi connectivity index (χ1v) is 18.2. The maximum Gasteiger partial charge on any atom is 0.233 e. The molecule has 4 aromatic rings. The SMILES string of the molecule is O=C1C(c2ccccc2)=CC(=O)[C@@]2(c3ccccc3)[C@@H](C3=COc4ccc(O)cc4C3)C3=CC[C@@H]4C(=O)N(CCc5ccc(O)cc5)C(=O)[C@@H]4[C@@H]3C[C@@H]12. The van der Waals surface area contributed by atoms with Crippen molar-refractivity contribution < 1.29 is 34.1 Å². The standard InChI is InChI=1S/C45H37NO7/c47-31-13-11-26(12-14-31)19-20-46-43(51)34-17-16-33-36(40(34)44(46)52)23-37-42(50)35(27-7-3-1-4-8-27)24-39(49)45(37,30-9-5-2-6-10-30)41(33)29-21-28-22-32(48)15-18-38(28)53-25-29/h1-16,18,22,24-25,34,36-37,40-41,47-48H,17,19-21,23H2/t34-,36+,37-,40-,41-,45-/m0/s1. The Morgan fingerprint density at radius 2 is 1.51 bits per heavy atom. The first-order chi connectivity index (χ1) is 25.8. The molecule has 3 aliphatic carbocycles. The molecule has 2 fully saturated rings. The predicted octanol–water partition coefficient (Wildman–Crippen LogP) is 6.52. The van der Waals surface area contributed by atoms with E-state index in [0.29, 0.717) is 41.7 Å². The number of phenolic OH excluding ortho intramolecular Hbond substituents is 2. The van der Waals surface area contributed by atoms with Crippen LogP contribution < -0.4 is 4.74 Å². The fourth-order valence-corrected chi connectivity index (χ4v) is 9.88. The molecule has 8 heteroatoms. The van der Waals surface area contributed by atoms with Crippen LogP contribution in [0.25, 0.3) is 5.57 Å². The Kier molecular flexibility index (Phi) is 7.80. The van der Waals surface area contributed by atoms with Crippen molar-refractivity contribution in [2.75, 3.05) is 6.54 Å². The molecule has 0 spiro atoms. The summed E-state index contributed by atoms with van der Waals surface area (Å²) in [5, 5.41) is 20.2. The van der Waals surface area contributed by atoms with Crippen LogP contribution in [0.5, 0.6) is 17.2 Å². The molecule has 0 aromatic heterocycles. The van der Waals surface area contributed by atoms with E-state index in [4.69, 9.17) is 4.74 Å². The Labute approximate surface area is 306 Å². The highest BCUT2D eigenvalue weighted by Crippen LogP contribution is 2.63. The van der Waals surface area contributed by atoms with Crippen molar-refractivity contribution >= 4 is 29.0 Å². The summed E-state index contributed by atoms with van der Waals surface area (Å²) in [7, 11) is 0. The van der Waals surface area contributed by atoms with Crippen LogP contribution in [0, 0.1) is 29.6 Å². The van der Waals surface area contributed by atoms with E-state index in [1.807, 2.05) is 60.7 Å². The Bertz CT molecular complexity index is 2270. The topological polar surface area (TPSA) is 121 Å². The molecule has 264 valence electrons. The normalized spacial score (nSPS) is 27.4. The van der Waals surface area contributed by atoms with Gasteiger partial charge in [-0.25, -0.2) is 0 Å². The minimum atomic E-state index is -1.35. The van der Waals surface area contributed by atoms with Crippen LogP contribution in [0.1, 0.15) is 35.1 Å². The zero-order valence-electron chi connectivity index (χ0n) is 28.9. The summed E-state index contributed by atoms with van der Waals surface area (Å²) >= 11 is 0. The van der Waals surface area contributed by atoms with Gasteiger partial charge >= 0.3 is 0 Å². The van der Waals surface area contributed by atoms with E-state index in [9.17, 15) is 19.8 Å². The lowest BCUT2D eigenvalue weighted by molar-refractivity contribution is -0.140. The van der Waals surface area contributed by atoms with E-state index in [2.05, 4.69) is 6.08 Å². The van der Waals surface area contributed by atoms with E-state index >= 15 is 9.59 Å². The maximum atomic E-state index is 15.2. The van der Waals surface area contributed by atoms with Gasteiger partial charge in [0.2, 0.25) is 11.8 Å². The largest absolute Gasteiger partial charge is 0.508 e. The lowest BCUT2D eigenvalue weighted by Crippen LogP contribution is -2.60. The number of amides is 2. The van der Waals surface area contributed by atoms with Crippen molar-refractivity contribution in [3.8, 4) is 17.2 Å². The van der Waals surface area contributed by atoms with Gasteiger partial charge in [0.15, 0.2) is 11.6 Å². The molecule has 53 heavy (non-hydrogen) atoms. The number of nitrogens with zero attached hydrogens (tertiary/aromatic N) is 1. The first kappa shape index (κ1) is 32.9. The van der Waals surface area contributed by atoms with Gasteiger partial charge in [-0.1, -0.05) is 84.4 Å². The van der Waals surface area contributed by atoms with Gasteiger partial charge in [-0.05, 0) is 83.9 Å². The van der Waals surface area contributed by atoms with Crippen LogP contribution >= 0.6 is 0 Å². The van der Waals surface area contributed by atoms with Gasteiger partial charge in [0, 0.05) is 35.9 Å². The van der Waals surface area contributed by atoms with Crippen LogP contribution in [-0.4, -0.2) is 45.0 Å².